The van der Waals surface area contributed by atoms with Crippen molar-refractivity contribution in [1.82, 2.24) is 14.8 Å². The summed E-state index contributed by atoms with van der Waals surface area (Å²) in [6.07, 6.45) is 2.40. The van der Waals surface area contributed by atoms with Crippen LogP contribution in [-0.2, 0) is 11.2 Å². The van der Waals surface area contributed by atoms with Crippen LogP contribution in [0.5, 0.6) is 0 Å². The number of benzene rings is 1. The number of carbonyl (C=O) groups excluding carboxylic acids is 1. The van der Waals surface area contributed by atoms with Crippen LogP contribution in [0.15, 0.2) is 23.6 Å². The fraction of sp³-hybridized carbons (Fsp3) is 0.444. The molecule has 0 spiro atoms. The monoisotopic (exact) mass is 378 g/mol. The zero-order valence-corrected chi connectivity index (χ0v) is 16.1. The van der Waals surface area contributed by atoms with Gasteiger partial charge in [-0.25, -0.2) is 4.98 Å². The summed E-state index contributed by atoms with van der Waals surface area (Å²) >= 11 is 7.48. The molecule has 0 aliphatic carbocycles. The minimum atomic E-state index is 0.127. The molecule has 0 atom stereocenters. The number of thiazole rings is 1. The maximum atomic E-state index is 12.6. The number of hydrogen-bond donors (Lipinski definition) is 1. The molecule has 1 aromatic heterocycles. The first-order valence-electron chi connectivity index (χ1n) is 8.38. The number of hydrogen-bond acceptors (Lipinski definition) is 5. The molecule has 2 N–H and O–H groups in total. The number of nitrogens with zero attached hydrogens (tertiary/aromatic N) is 3. The molecule has 2 heterocycles. The third-order valence-corrected chi connectivity index (χ3v) is 6.04. The predicted octanol–water partition coefficient (Wildman–Crippen LogP) is 3.14. The summed E-state index contributed by atoms with van der Waals surface area (Å²) in [5.41, 5.74) is 8.12. The Morgan fingerprint density at radius 1 is 1.44 bits per heavy atom. The summed E-state index contributed by atoms with van der Waals surface area (Å²) in [4.78, 5) is 21.4. The van der Waals surface area contributed by atoms with Crippen molar-refractivity contribution in [1.29, 1.82) is 0 Å². The van der Waals surface area contributed by atoms with Gasteiger partial charge in [-0.2, -0.15) is 0 Å². The third-order valence-electron chi connectivity index (χ3n) is 4.76. The highest BCUT2D eigenvalue weighted by atomic mass is 35.5. The zero-order valence-electron chi connectivity index (χ0n) is 14.5. The van der Waals surface area contributed by atoms with Crippen LogP contribution in [0.1, 0.15) is 18.5 Å². The molecule has 1 aliphatic heterocycles. The summed E-state index contributed by atoms with van der Waals surface area (Å²) in [6, 6.07) is 5.82. The van der Waals surface area contributed by atoms with E-state index >= 15 is 0 Å². The van der Waals surface area contributed by atoms with Crippen LogP contribution in [0.4, 0.5) is 5.69 Å². The smallest absolute Gasteiger partial charge is 0.228 e. The average molecular weight is 379 g/mol. The SMILES string of the molecule is CN1CCC(N(C)C(=O)Cc2csc(-c3ccc(Cl)c(N)c3)n2)CC1. The van der Waals surface area contributed by atoms with E-state index in [-0.39, 0.29) is 5.91 Å². The first-order chi connectivity index (χ1) is 11.9. The van der Waals surface area contributed by atoms with E-state index in [2.05, 4.69) is 16.9 Å². The molecule has 2 aromatic rings. The second-order valence-electron chi connectivity index (χ2n) is 6.60. The van der Waals surface area contributed by atoms with Crippen LogP contribution in [0, 0.1) is 0 Å². The Morgan fingerprint density at radius 2 is 2.16 bits per heavy atom. The van der Waals surface area contributed by atoms with Crippen molar-refractivity contribution in [2.75, 3.05) is 32.9 Å². The lowest BCUT2D eigenvalue weighted by Gasteiger charge is -2.35. The molecular weight excluding hydrogens is 356 g/mol. The number of anilines is 1. The summed E-state index contributed by atoms with van der Waals surface area (Å²) in [6.45, 7) is 2.09. The maximum absolute atomic E-state index is 12.6. The number of amides is 1. The molecule has 0 bridgehead atoms. The van der Waals surface area contributed by atoms with Crippen molar-refractivity contribution < 1.29 is 4.79 Å². The molecule has 1 aliphatic rings. The van der Waals surface area contributed by atoms with Gasteiger partial charge in [0.25, 0.3) is 0 Å². The average Bonchev–Trinajstić information content (AvgIpc) is 3.06. The zero-order chi connectivity index (χ0) is 18.0. The second kappa shape index (κ2) is 7.72. The molecule has 1 saturated heterocycles. The second-order valence-corrected chi connectivity index (χ2v) is 7.86. The molecule has 0 saturated carbocycles. The van der Waals surface area contributed by atoms with E-state index in [4.69, 9.17) is 17.3 Å². The van der Waals surface area contributed by atoms with Crippen molar-refractivity contribution >= 4 is 34.5 Å². The lowest BCUT2D eigenvalue weighted by molar-refractivity contribution is -0.132. The Kier molecular flexibility index (Phi) is 5.61. The number of halogens is 1. The van der Waals surface area contributed by atoms with Crippen molar-refractivity contribution in [3.05, 3.63) is 34.3 Å². The van der Waals surface area contributed by atoms with Gasteiger partial charge < -0.3 is 15.5 Å². The fourth-order valence-corrected chi connectivity index (χ4v) is 4.00. The highest BCUT2D eigenvalue weighted by molar-refractivity contribution is 7.13. The topological polar surface area (TPSA) is 62.5 Å². The van der Waals surface area contributed by atoms with Crippen molar-refractivity contribution in [3.8, 4) is 10.6 Å². The van der Waals surface area contributed by atoms with Gasteiger partial charge in [0.15, 0.2) is 0 Å². The minimum Gasteiger partial charge on any atom is -0.398 e. The number of likely N-dealkylation sites (N-methyl/N-ethyl adjacent to an activating group) is 1. The van der Waals surface area contributed by atoms with Gasteiger partial charge in [0.05, 0.1) is 22.8 Å². The van der Waals surface area contributed by atoms with Gasteiger partial charge >= 0.3 is 0 Å². The van der Waals surface area contributed by atoms with Crippen LogP contribution in [0.2, 0.25) is 5.02 Å². The molecule has 5 nitrogen and oxygen atoms in total. The van der Waals surface area contributed by atoms with Crippen LogP contribution in [-0.4, -0.2) is 53.9 Å². The highest BCUT2D eigenvalue weighted by Gasteiger charge is 2.24. The van der Waals surface area contributed by atoms with Gasteiger partial charge in [-0.05, 0) is 45.1 Å². The van der Waals surface area contributed by atoms with E-state index in [1.807, 2.05) is 29.5 Å². The standard InChI is InChI=1S/C18H23ClN4OS/c1-22-7-5-14(6-8-22)23(2)17(24)10-13-11-25-18(21-13)12-3-4-15(19)16(20)9-12/h3-4,9,11,14H,5-8,10,20H2,1-2H3. The largest absolute Gasteiger partial charge is 0.398 e. The Balaban J connectivity index is 1.64. The number of carbonyl (C=O) groups is 1. The Bertz CT molecular complexity index is 755. The van der Waals surface area contributed by atoms with Gasteiger partial charge in [-0.1, -0.05) is 17.7 Å². The first-order valence-corrected chi connectivity index (χ1v) is 9.64. The molecular formula is C18H23ClN4OS. The quantitative estimate of drug-likeness (QED) is 0.830. The first kappa shape index (κ1) is 18.2. The minimum absolute atomic E-state index is 0.127. The van der Waals surface area contributed by atoms with Crippen molar-refractivity contribution in [2.24, 2.45) is 0 Å². The Hall–Kier alpha value is -1.63. The number of nitrogen functional groups attached to an aromatic ring is 1. The molecule has 3 rings (SSSR count). The van der Waals surface area contributed by atoms with Gasteiger partial charge in [0, 0.05) is 24.0 Å². The summed E-state index contributed by atoms with van der Waals surface area (Å²) in [5, 5.41) is 3.34. The van der Waals surface area contributed by atoms with Crippen molar-refractivity contribution in [3.63, 3.8) is 0 Å². The van der Waals surface area contributed by atoms with Crippen LogP contribution < -0.4 is 5.73 Å². The number of likely N-dealkylation sites (tertiary alicyclic amines) is 1. The Morgan fingerprint density at radius 3 is 2.84 bits per heavy atom. The lowest BCUT2D eigenvalue weighted by atomic mass is 10.0. The maximum Gasteiger partial charge on any atom is 0.228 e. The molecule has 1 fully saturated rings. The normalized spacial score (nSPS) is 16.1. The predicted molar refractivity (Wildman–Crippen MR) is 104 cm³/mol. The molecule has 1 aromatic carbocycles. The Labute approximate surface area is 157 Å². The lowest BCUT2D eigenvalue weighted by Crippen LogP contribution is -2.45. The van der Waals surface area contributed by atoms with E-state index < -0.39 is 0 Å². The third kappa shape index (κ3) is 4.32. The van der Waals surface area contributed by atoms with E-state index in [0.717, 1.165) is 42.2 Å². The molecule has 25 heavy (non-hydrogen) atoms. The number of nitrogens with two attached hydrogens (primary N) is 1. The highest BCUT2D eigenvalue weighted by Crippen LogP contribution is 2.29. The van der Waals surface area contributed by atoms with Gasteiger partial charge in [0.1, 0.15) is 5.01 Å². The van der Waals surface area contributed by atoms with Crippen LogP contribution in [0.25, 0.3) is 10.6 Å². The summed E-state index contributed by atoms with van der Waals surface area (Å²) in [7, 11) is 4.03. The number of aromatic nitrogens is 1. The number of piperidine rings is 1. The van der Waals surface area contributed by atoms with E-state index in [1.165, 1.54) is 11.3 Å². The van der Waals surface area contributed by atoms with E-state index in [9.17, 15) is 4.79 Å². The molecule has 7 heteroatoms. The van der Waals surface area contributed by atoms with Crippen molar-refractivity contribution in [2.45, 2.75) is 25.3 Å². The summed E-state index contributed by atoms with van der Waals surface area (Å²) < 4.78 is 0. The van der Waals surface area contributed by atoms with Crippen LogP contribution in [0.3, 0.4) is 0 Å². The molecule has 0 unspecified atom stereocenters. The molecule has 0 radical (unpaired) electrons. The van der Waals surface area contributed by atoms with Gasteiger partial charge in [-0.15, -0.1) is 11.3 Å². The van der Waals surface area contributed by atoms with E-state index in [0.29, 0.717) is 23.2 Å². The van der Waals surface area contributed by atoms with E-state index in [1.54, 1.807) is 6.07 Å². The van der Waals surface area contributed by atoms with Crippen LogP contribution >= 0.6 is 22.9 Å². The molecule has 134 valence electrons. The van der Waals surface area contributed by atoms with Gasteiger partial charge in [-0.3, -0.25) is 4.79 Å². The fourth-order valence-electron chi connectivity index (χ4n) is 3.06. The van der Waals surface area contributed by atoms with Gasteiger partial charge in [0.2, 0.25) is 5.91 Å². The summed E-state index contributed by atoms with van der Waals surface area (Å²) in [5.74, 6) is 0.127. The molecule has 1 amide bonds. The number of rotatable bonds is 4.